The molecule has 0 aliphatic carbocycles. The zero-order chi connectivity index (χ0) is 18.7. The van der Waals surface area contributed by atoms with Gasteiger partial charge in [0.15, 0.2) is 0 Å². The maximum atomic E-state index is 12.7. The Hall–Kier alpha value is -2.86. The summed E-state index contributed by atoms with van der Waals surface area (Å²) in [6.07, 6.45) is 1.10. The molecule has 0 saturated heterocycles. The molecule has 3 aromatic carbocycles. The van der Waals surface area contributed by atoms with Gasteiger partial charge in [0.05, 0.1) is 11.9 Å². The molecule has 3 rings (SSSR count). The van der Waals surface area contributed by atoms with Crippen molar-refractivity contribution in [2.24, 2.45) is 0 Å². The SMILES string of the molecule is C[C@H](C(=O)Nc1ccc2ccccc2c1)N(c1ccccc1)S(C)(=O)=O. The van der Waals surface area contributed by atoms with Crippen LogP contribution in [0.3, 0.4) is 0 Å². The van der Waals surface area contributed by atoms with Crippen molar-refractivity contribution in [3.8, 4) is 0 Å². The highest BCUT2D eigenvalue weighted by molar-refractivity contribution is 7.92. The fourth-order valence-electron chi connectivity index (χ4n) is 2.90. The van der Waals surface area contributed by atoms with Crippen LogP contribution in [0.1, 0.15) is 6.92 Å². The summed E-state index contributed by atoms with van der Waals surface area (Å²) in [6.45, 7) is 1.57. The minimum absolute atomic E-state index is 0.394. The molecule has 0 aromatic heterocycles. The van der Waals surface area contributed by atoms with Crippen LogP contribution in [0.15, 0.2) is 72.8 Å². The zero-order valence-electron chi connectivity index (χ0n) is 14.6. The summed E-state index contributed by atoms with van der Waals surface area (Å²) in [4.78, 5) is 12.7. The number of fused-ring (bicyclic) bond motifs is 1. The van der Waals surface area contributed by atoms with E-state index in [1.54, 1.807) is 43.3 Å². The van der Waals surface area contributed by atoms with Crippen LogP contribution in [-0.2, 0) is 14.8 Å². The van der Waals surface area contributed by atoms with Gasteiger partial charge in [-0.15, -0.1) is 0 Å². The molecule has 1 atom stereocenters. The van der Waals surface area contributed by atoms with Crippen molar-refractivity contribution in [3.05, 3.63) is 72.8 Å². The van der Waals surface area contributed by atoms with Gasteiger partial charge in [0, 0.05) is 5.69 Å². The first-order valence-electron chi connectivity index (χ1n) is 8.20. The van der Waals surface area contributed by atoms with Crippen molar-refractivity contribution in [1.29, 1.82) is 0 Å². The van der Waals surface area contributed by atoms with Crippen LogP contribution in [-0.4, -0.2) is 26.6 Å². The summed E-state index contributed by atoms with van der Waals surface area (Å²) in [5, 5.41) is 4.88. The first-order valence-corrected chi connectivity index (χ1v) is 10.1. The van der Waals surface area contributed by atoms with E-state index in [1.165, 1.54) is 0 Å². The van der Waals surface area contributed by atoms with Crippen LogP contribution < -0.4 is 9.62 Å². The van der Waals surface area contributed by atoms with Gasteiger partial charge in [0.2, 0.25) is 15.9 Å². The third-order valence-electron chi connectivity index (χ3n) is 4.12. The van der Waals surface area contributed by atoms with Crippen molar-refractivity contribution in [2.75, 3.05) is 15.9 Å². The number of para-hydroxylation sites is 1. The number of carbonyl (C=O) groups is 1. The van der Waals surface area contributed by atoms with Crippen molar-refractivity contribution >= 4 is 38.1 Å². The number of amides is 1. The molecule has 0 spiro atoms. The normalized spacial score (nSPS) is 12.5. The zero-order valence-corrected chi connectivity index (χ0v) is 15.4. The molecule has 0 radical (unpaired) electrons. The topological polar surface area (TPSA) is 66.5 Å². The number of nitrogens with zero attached hydrogens (tertiary/aromatic N) is 1. The van der Waals surface area contributed by atoms with Gasteiger partial charge in [-0.25, -0.2) is 8.42 Å². The Morgan fingerprint density at radius 3 is 2.19 bits per heavy atom. The minimum Gasteiger partial charge on any atom is -0.324 e. The van der Waals surface area contributed by atoms with Crippen molar-refractivity contribution in [3.63, 3.8) is 0 Å². The lowest BCUT2D eigenvalue weighted by Crippen LogP contribution is -2.45. The Morgan fingerprint density at radius 2 is 1.54 bits per heavy atom. The highest BCUT2D eigenvalue weighted by Crippen LogP contribution is 2.22. The summed E-state index contributed by atoms with van der Waals surface area (Å²) in [5.41, 5.74) is 1.08. The van der Waals surface area contributed by atoms with Gasteiger partial charge in [0.25, 0.3) is 0 Å². The smallest absolute Gasteiger partial charge is 0.247 e. The van der Waals surface area contributed by atoms with Crippen LogP contribution in [0.2, 0.25) is 0 Å². The van der Waals surface area contributed by atoms with Crippen LogP contribution >= 0.6 is 0 Å². The predicted octanol–water partition coefficient (Wildman–Crippen LogP) is 3.63. The lowest BCUT2D eigenvalue weighted by Gasteiger charge is -2.28. The van der Waals surface area contributed by atoms with E-state index in [1.807, 2.05) is 36.4 Å². The summed E-state index contributed by atoms with van der Waals surface area (Å²) in [5.74, 6) is -0.394. The summed E-state index contributed by atoms with van der Waals surface area (Å²) < 4.78 is 25.6. The number of hydrogen-bond donors (Lipinski definition) is 1. The fourth-order valence-corrected chi connectivity index (χ4v) is 4.07. The molecule has 1 amide bonds. The van der Waals surface area contributed by atoms with E-state index in [0.717, 1.165) is 21.3 Å². The third kappa shape index (κ3) is 3.86. The molecule has 0 unspecified atom stereocenters. The summed E-state index contributed by atoms with van der Waals surface area (Å²) in [7, 11) is -3.62. The molecule has 6 heteroatoms. The molecule has 1 N–H and O–H groups in total. The van der Waals surface area contributed by atoms with Crippen molar-refractivity contribution in [1.82, 2.24) is 0 Å². The molecule has 0 heterocycles. The molecule has 0 aliphatic rings. The molecule has 134 valence electrons. The maximum Gasteiger partial charge on any atom is 0.247 e. The summed E-state index contributed by atoms with van der Waals surface area (Å²) in [6, 6.07) is 21.1. The monoisotopic (exact) mass is 368 g/mol. The van der Waals surface area contributed by atoms with Crippen LogP contribution in [0.5, 0.6) is 0 Å². The minimum atomic E-state index is -3.62. The predicted molar refractivity (Wildman–Crippen MR) is 106 cm³/mol. The number of sulfonamides is 1. The second kappa shape index (κ2) is 7.17. The van der Waals surface area contributed by atoms with E-state index < -0.39 is 22.0 Å². The number of anilines is 2. The lowest BCUT2D eigenvalue weighted by molar-refractivity contribution is -0.116. The second-order valence-corrected chi connectivity index (χ2v) is 7.98. The van der Waals surface area contributed by atoms with Gasteiger partial charge in [0.1, 0.15) is 6.04 Å². The first kappa shape index (κ1) is 17.9. The van der Waals surface area contributed by atoms with E-state index in [0.29, 0.717) is 11.4 Å². The number of carbonyl (C=O) groups excluding carboxylic acids is 1. The van der Waals surface area contributed by atoms with E-state index in [9.17, 15) is 13.2 Å². The third-order valence-corrected chi connectivity index (χ3v) is 5.36. The van der Waals surface area contributed by atoms with Crippen molar-refractivity contribution in [2.45, 2.75) is 13.0 Å². The molecule has 3 aromatic rings. The highest BCUT2D eigenvalue weighted by Gasteiger charge is 2.29. The van der Waals surface area contributed by atoms with Crippen LogP contribution in [0, 0.1) is 0 Å². The number of benzene rings is 3. The molecule has 0 saturated carbocycles. The average molecular weight is 368 g/mol. The first-order chi connectivity index (χ1) is 12.4. The quantitative estimate of drug-likeness (QED) is 0.748. The van der Waals surface area contributed by atoms with Crippen LogP contribution in [0.25, 0.3) is 10.8 Å². The standard InChI is InChI=1S/C20H20N2O3S/c1-15(22(26(2,24)25)19-10-4-3-5-11-19)20(23)21-18-13-12-16-8-6-7-9-17(16)14-18/h3-15H,1-2H3,(H,21,23)/t15-/m1/s1. The fraction of sp³-hybridized carbons (Fsp3) is 0.150. The summed E-state index contributed by atoms with van der Waals surface area (Å²) >= 11 is 0. The van der Waals surface area contributed by atoms with Crippen molar-refractivity contribution < 1.29 is 13.2 Å². The Balaban J connectivity index is 1.87. The molecule has 5 nitrogen and oxygen atoms in total. The Kier molecular flexibility index (Phi) is 4.95. The number of hydrogen-bond acceptors (Lipinski definition) is 3. The average Bonchev–Trinajstić information content (AvgIpc) is 2.61. The maximum absolute atomic E-state index is 12.7. The molecule has 0 aliphatic heterocycles. The molecular formula is C20H20N2O3S. The van der Waals surface area contributed by atoms with Gasteiger partial charge in [-0.2, -0.15) is 0 Å². The van der Waals surface area contributed by atoms with Gasteiger partial charge in [-0.05, 0) is 42.0 Å². The van der Waals surface area contributed by atoms with E-state index in [4.69, 9.17) is 0 Å². The van der Waals surface area contributed by atoms with Gasteiger partial charge in [-0.1, -0.05) is 48.5 Å². The number of rotatable bonds is 5. The van der Waals surface area contributed by atoms with Gasteiger partial charge >= 0.3 is 0 Å². The van der Waals surface area contributed by atoms with E-state index in [-0.39, 0.29) is 0 Å². The van der Waals surface area contributed by atoms with E-state index in [2.05, 4.69) is 5.32 Å². The Morgan fingerprint density at radius 1 is 0.923 bits per heavy atom. The molecule has 26 heavy (non-hydrogen) atoms. The van der Waals surface area contributed by atoms with Crippen LogP contribution in [0.4, 0.5) is 11.4 Å². The molecular weight excluding hydrogens is 348 g/mol. The Labute approximate surface area is 153 Å². The highest BCUT2D eigenvalue weighted by atomic mass is 32.2. The van der Waals surface area contributed by atoms with Gasteiger partial charge in [-0.3, -0.25) is 9.10 Å². The molecule has 0 bridgehead atoms. The lowest BCUT2D eigenvalue weighted by atomic mass is 10.1. The molecule has 0 fully saturated rings. The Bertz CT molecular complexity index is 1030. The van der Waals surface area contributed by atoms with E-state index >= 15 is 0 Å². The number of nitrogens with one attached hydrogen (secondary N) is 1. The second-order valence-electron chi connectivity index (χ2n) is 6.12. The van der Waals surface area contributed by atoms with Gasteiger partial charge < -0.3 is 5.32 Å². The largest absolute Gasteiger partial charge is 0.324 e.